The number of methoxy groups -OCH3 is 2. The monoisotopic (exact) mass is 391 g/mol. The first kappa shape index (κ1) is 19.0. The summed E-state index contributed by atoms with van der Waals surface area (Å²) in [5, 5.41) is 3.46. The van der Waals surface area contributed by atoms with Crippen molar-refractivity contribution < 1.29 is 9.47 Å². The molecule has 29 heavy (non-hydrogen) atoms. The molecule has 150 valence electrons. The third-order valence-electron chi connectivity index (χ3n) is 5.16. The van der Waals surface area contributed by atoms with Crippen molar-refractivity contribution in [1.29, 1.82) is 0 Å². The Hall–Kier alpha value is -3.35. The Morgan fingerprint density at radius 2 is 1.97 bits per heavy atom. The highest BCUT2D eigenvalue weighted by Gasteiger charge is 2.22. The number of aryl methyl sites for hydroxylation is 1. The molecule has 0 amide bonds. The number of nitrogens with zero attached hydrogens (tertiary/aromatic N) is 4. The Bertz CT molecular complexity index is 991. The van der Waals surface area contributed by atoms with Crippen LogP contribution >= 0.6 is 0 Å². The van der Waals surface area contributed by atoms with Crippen LogP contribution in [0.5, 0.6) is 11.5 Å². The molecule has 1 N–H and O–H groups in total. The molecular weight excluding hydrogens is 366 g/mol. The fourth-order valence-electron chi connectivity index (χ4n) is 3.51. The van der Waals surface area contributed by atoms with Gasteiger partial charge in [-0.15, -0.1) is 0 Å². The predicted molar refractivity (Wildman–Crippen MR) is 113 cm³/mol. The maximum atomic E-state index is 5.50. The second kappa shape index (κ2) is 8.34. The SMILES string of the molecule is COc1ccc(CNc2ncnc3c2CN(c2ccc(C)cn2)CC3)c(OC)c1. The van der Waals surface area contributed by atoms with E-state index in [4.69, 9.17) is 9.47 Å². The first-order valence-electron chi connectivity index (χ1n) is 9.63. The van der Waals surface area contributed by atoms with E-state index in [1.165, 1.54) is 0 Å². The van der Waals surface area contributed by atoms with Gasteiger partial charge in [0.05, 0.1) is 19.9 Å². The van der Waals surface area contributed by atoms with E-state index >= 15 is 0 Å². The molecule has 7 nitrogen and oxygen atoms in total. The average molecular weight is 391 g/mol. The fraction of sp³-hybridized carbons (Fsp3) is 0.318. The van der Waals surface area contributed by atoms with Gasteiger partial charge in [-0.1, -0.05) is 6.07 Å². The summed E-state index contributed by atoms with van der Waals surface area (Å²) in [4.78, 5) is 15.8. The summed E-state index contributed by atoms with van der Waals surface area (Å²) < 4.78 is 10.8. The van der Waals surface area contributed by atoms with Gasteiger partial charge in [-0.2, -0.15) is 0 Å². The van der Waals surface area contributed by atoms with E-state index in [-0.39, 0.29) is 0 Å². The molecule has 0 atom stereocenters. The average Bonchev–Trinajstić information content (AvgIpc) is 2.77. The minimum Gasteiger partial charge on any atom is -0.497 e. The highest BCUT2D eigenvalue weighted by molar-refractivity contribution is 5.53. The number of benzene rings is 1. The number of ether oxygens (including phenoxy) is 2. The van der Waals surface area contributed by atoms with E-state index in [0.717, 1.165) is 65.0 Å². The highest BCUT2D eigenvalue weighted by atomic mass is 16.5. The summed E-state index contributed by atoms with van der Waals surface area (Å²) in [6, 6.07) is 9.98. The van der Waals surface area contributed by atoms with Gasteiger partial charge in [-0.3, -0.25) is 0 Å². The molecule has 0 bridgehead atoms. The van der Waals surface area contributed by atoms with Gasteiger partial charge in [0.2, 0.25) is 0 Å². The van der Waals surface area contributed by atoms with Crippen molar-refractivity contribution in [2.75, 3.05) is 31.0 Å². The topological polar surface area (TPSA) is 72.4 Å². The lowest BCUT2D eigenvalue weighted by molar-refractivity contribution is 0.391. The van der Waals surface area contributed by atoms with Gasteiger partial charge in [0.15, 0.2) is 0 Å². The van der Waals surface area contributed by atoms with Gasteiger partial charge in [0, 0.05) is 49.4 Å². The molecule has 3 aromatic rings. The molecule has 0 aliphatic carbocycles. The van der Waals surface area contributed by atoms with Gasteiger partial charge >= 0.3 is 0 Å². The minimum atomic E-state index is 0.597. The summed E-state index contributed by atoms with van der Waals surface area (Å²) in [6.07, 6.45) is 4.40. The van der Waals surface area contributed by atoms with Crippen LogP contribution in [0.15, 0.2) is 42.9 Å². The van der Waals surface area contributed by atoms with Crippen LogP contribution in [0.25, 0.3) is 0 Å². The van der Waals surface area contributed by atoms with Crippen LogP contribution < -0.4 is 19.7 Å². The van der Waals surface area contributed by atoms with E-state index in [0.29, 0.717) is 6.54 Å². The Kier molecular flexibility index (Phi) is 5.46. The van der Waals surface area contributed by atoms with Crippen LogP contribution in [-0.4, -0.2) is 35.7 Å². The third kappa shape index (κ3) is 4.08. The molecule has 4 rings (SSSR count). The summed E-state index contributed by atoms with van der Waals surface area (Å²) in [6.45, 7) is 4.27. The Labute approximate surface area is 170 Å². The summed E-state index contributed by atoms with van der Waals surface area (Å²) in [7, 11) is 3.31. The number of anilines is 2. The summed E-state index contributed by atoms with van der Waals surface area (Å²) in [5.41, 5.74) is 4.40. The van der Waals surface area contributed by atoms with Crippen LogP contribution in [0.4, 0.5) is 11.6 Å². The lowest BCUT2D eigenvalue weighted by Crippen LogP contribution is -2.32. The molecule has 0 fully saturated rings. The molecule has 0 saturated carbocycles. The molecule has 0 spiro atoms. The first-order chi connectivity index (χ1) is 14.2. The molecule has 0 unspecified atom stereocenters. The lowest BCUT2D eigenvalue weighted by Gasteiger charge is -2.30. The summed E-state index contributed by atoms with van der Waals surface area (Å²) >= 11 is 0. The molecule has 7 heteroatoms. The largest absolute Gasteiger partial charge is 0.497 e. The van der Waals surface area contributed by atoms with E-state index in [1.807, 2.05) is 31.3 Å². The van der Waals surface area contributed by atoms with Crippen molar-refractivity contribution in [2.24, 2.45) is 0 Å². The van der Waals surface area contributed by atoms with Gasteiger partial charge in [-0.05, 0) is 30.7 Å². The van der Waals surface area contributed by atoms with Crippen molar-refractivity contribution in [3.63, 3.8) is 0 Å². The predicted octanol–water partition coefficient (Wildman–Crippen LogP) is 3.37. The van der Waals surface area contributed by atoms with Crippen molar-refractivity contribution in [3.8, 4) is 11.5 Å². The van der Waals surface area contributed by atoms with E-state index in [2.05, 4.69) is 37.3 Å². The van der Waals surface area contributed by atoms with E-state index in [1.54, 1.807) is 20.5 Å². The third-order valence-corrected chi connectivity index (χ3v) is 5.16. The quantitative estimate of drug-likeness (QED) is 0.691. The maximum Gasteiger partial charge on any atom is 0.134 e. The molecule has 1 aliphatic heterocycles. The number of hydrogen-bond acceptors (Lipinski definition) is 7. The van der Waals surface area contributed by atoms with Crippen molar-refractivity contribution in [2.45, 2.75) is 26.4 Å². The molecule has 1 aromatic carbocycles. The van der Waals surface area contributed by atoms with E-state index in [9.17, 15) is 0 Å². The number of aromatic nitrogens is 3. The van der Waals surface area contributed by atoms with Gasteiger partial charge in [0.1, 0.15) is 29.5 Å². The van der Waals surface area contributed by atoms with Crippen molar-refractivity contribution >= 4 is 11.6 Å². The number of rotatable bonds is 6. The van der Waals surface area contributed by atoms with Gasteiger partial charge in [0.25, 0.3) is 0 Å². The Morgan fingerprint density at radius 3 is 2.72 bits per heavy atom. The van der Waals surface area contributed by atoms with Gasteiger partial charge in [-0.25, -0.2) is 15.0 Å². The fourth-order valence-corrected chi connectivity index (χ4v) is 3.51. The first-order valence-corrected chi connectivity index (χ1v) is 9.63. The normalized spacial score (nSPS) is 13.0. The second-order valence-corrected chi connectivity index (χ2v) is 7.04. The highest BCUT2D eigenvalue weighted by Crippen LogP contribution is 2.28. The van der Waals surface area contributed by atoms with Crippen LogP contribution in [0.1, 0.15) is 22.4 Å². The Balaban J connectivity index is 1.54. The van der Waals surface area contributed by atoms with Crippen molar-refractivity contribution in [1.82, 2.24) is 15.0 Å². The van der Waals surface area contributed by atoms with Crippen LogP contribution in [0.2, 0.25) is 0 Å². The smallest absolute Gasteiger partial charge is 0.134 e. The molecule has 0 radical (unpaired) electrons. The standard InChI is InChI=1S/C22H25N5O2/c1-15-4-7-21(23-11-15)27-9-8-19-18(13-27)22(26-14-25-19)24-12-16-5-6-17(28-2)10-20(16)29-3/h4-7,10-11,14H,8-9,12-13H2,1-3H3,(H,24,25,26). The zero-order valence-electron chi connectivity index (χ0n) is 17.0. The van der Waals surface area contributed by atoms with E-state index < -0.39 is 0 Å². The molecule has 2 aromatic heterocycles. The second-order valence-electron chi connectivity index (χ2n) is 7.04. The zero-order valence-corrected chi connectivity index (χ0v) is 17.0. The number of hydrogen-bond donors (Lipinski definition) is 1. The molecule has 1 aliphatic rings. The number of pyridine rings is 1. The molecule has 3 heterocycles. The molecule has 0 saturated heterocycles. The minimum absolute atomic E-state index is 0.597. The number of fused-ring (bicyclic) bond motifs is 1. The van der Waals surface area contributed by atoms with Crippen LogP contribution in [0, 0.1) is 6.92 Å². The Morgan fingerprint density at radius 1 is 1.07 bits per heavy atom. The van der Waals surface area contributed by atoms with Crippen LogP contribution in [0.3, 0.4) is 0 Å². The zero-order chi connectivity index (χ0) is 20.2. The lowest BCUT2D eigenvalue weighted by atomic mass is 10.1. The number of nitrogens with one attached hydrogen (secondary N) is 1. The van der Waals surface area contributed by atoms with Crippen LogP contribution in [-0.2, 0) is 19.5 Å². The maximum absolute atomic E-state index is 5.50. The molecular formula is C22H25N5O2. The summed E-state index contributed by atoms with van der Waals surface area (Å²) in [5.74, 6) is 3.38. The van der Waals surface area contributed by atoms with Crippen molar-refractivity contribution in [3.05, 3.63) is 65.2 Å². The van der Waals surface area contributed by atoms with Gasteiger partial charge < -0.3 is 19.7 Å².